The Bertz CT molecular complexity index is 2180. The first kappa shape index (κ1) is 41.4. The lowest BCUT2D eigenvalue weighted by molar-refractivity contribution is 0.0491. The Hall–Kier alpha value is -6.24. The van der Waals surface area contributed by atoms with Crippen molar-refractivity contribution in [2.75, 3.05) is 41.7 Å². The van der Waals surface area contributed by atoms with Crippen LogP contribution >= 0.6 is 0 Å². The Kier molecular flexibility index (Phi) is 14.1. The maximum absolute atomic E-state index is 13.5. The van der Waals surface area contributed by atoms with E-state index in [0.29, 0.717) is 91.6 Å². The number of allylic oxidation sites excluding steroid dienone is 2. The van der Waals surface area contributed by atoms with Gasteiger partial charge in [-0.1, -0.05) is 12.2 Å². The molecule has 12 heteroatoms. The van der Waals surface area contributed by atoms with Gasteiger partial charge in [0, 0.05) is 21.9 Å². The quantitative estimate of drug-likeness (QED) is 0.0430. The monoisotopic (exact) mass is 792 g/mol. The van der Waals surface area contributed by atoms with Gasteiger partial charge in [-0.3, -0.25) is 0 Å². The highest BCUT2D eigenvalue weighted by atomic mass is 16.5. The molecular weight excluding hydrogens is 744 g/mol. The standard InChI is InChI=1S/C46H48O12/c1-51-33-17-13-31(14-18-33)41-39(35-23-29(27-47)25-37(53-3)43(35)57-41)45(49)55-21-11-9-7-5-6-8-10-12-22-56-46(50)40-36-24-30(28-48)26-38(54-4)44(36)58-42(40)32-15-19-34(52-2)20-16-32/h5-6,13-20,23-26,47-48H,7-12,21-22,27-28H2,1-4H3/b6-5+. The van der Waals surface area contributed by atoms with Crippen LogP contribution in [0.3, 0.4) is 0 Å². The zero-order valence-corrected chi connectivity index (χ0v) is 33.1. The number of unbranched alkanes of at least 4 members (excludes halogenated alkanes) is 4. The number of fused-ring (bicyclic) bond motifs is 2. The van der Waals surface area contributed by atoms with Gasteiger partial charge >= 0.3 is 11.9 Å². The minimum atomic E-state index is -0.523. The van der Waals surface area contributed by atoms with Crippen molar-refractivity contribution in [3.8, 4) is 45.6 Å². The summed E-state index contributed by atoms with van der Waals surface area (Å²) in [4.78, 5) is 27.1. The van der Waals surface area contributed by atoms with Gasteiger partial charge in [0.25, 0.3) is 0 Å². The van der Waals surface area contributed by atoms with Gasteiger partial charge in [0.2, 0.25) is 0 Å². The normalized spacial score (nSPS) is 11.3. The molecule has 0 aliphatic rings. The van der Waals surface area contributed by atoms with Crippen LogP contribution in [0.1, 0.15) is 70.4 Å². The van der Waals surface area contributed by atoms with Crippen LogP contribution in [0.4, 0.5) is 0 Å². The van der Waals surface area contributed by atoms with Crippen molar-refractivity contribution in [1.82, 2.24) is 0 Å². The minimum Gasteiger partial charge on any atom is -0.497 e. The fraction of sp³-hybridized carbons (Fsp3) is 0.304. The third-order valence-corrected chi connectivity index (χ3v) is 9.71. The van der Waals surface area contributed by atoms with Crippen molar-refractivity contribution in [2.24, 2.45) is 0 Å². The maximum atomic E-state index is 13.5. The SMILES string of the molecule is COc1ccc(-c2oc3c(OC)cc(CO)cc3c2C(=O)OCCCC/C=C/CCCCOC(=O)c2c(-c3ccc(OC)cc3)oc3c(OC)cc(CO)cc23)cc1. The third kappa shape index (κ3) is 9.30. The van der Waals surface area contributed by atoms with E-state index in [1.807, 2.05) is 0 Å². The van der Waals surface area contributed by atoms with Crippen LogP contribution in [0.5, 0.6) is 23.0 Å². The smallest absolute Gasteiger partial charge is 0.342 e. The van der Waals surface area contributed by atoms with Crippen molar-refractivity contribution < 1.29 is 57.1 Å². The van der Waals surface area contributed by atoms with Gasteiger partial charge in [-0.05, 0) is 122 Å². The molecule has 0 radical (unpaired) electrons. The van der Waals surface area contributed by atoms with Crippen molar-refractivity contribution in [2.45, 2.75) is 51.7 Å². The molecule has 0 spiro atoms. The zero-order valence-electron chi connectivity index (χ0n) is 33.1. The molecule has 0 aliphatic heterocycles. The number of aliphatic hydroxyl groups is 2. The van der Waals surface area contributed by atoms with Crippen LogP contribution < -0.4 is 18.9 Å². The predicted molar refractivity (Wildman–Crippen MR) is 219 cm³/mol. The number of carbonyl (C=O) groups is 2. The van der Waals surface area contributed by atoms with Crippen molar-refractivity contribution >= 4 is 33.9 Å². The molecule has 12 nitrogen and oxygen atoms in total. The number of methoxy groups -OCH3 is 4. The summed E-state index contributed by atoms with van der Waals surface area (Å²) in [5.41, 5.74) is 3.82. The number of furan rings is 2. The molecule has 58 heavy (non-hydrogen) atoms. The highest BCUT2D eigenvalue weighted by Crippen LogP contribution is 2.41. The predicted octanol–water partition coefficient (Wildman–Crippen LogP) is 9.44. The molecule has 4 aromatic carbocycles. The van der Waals surface area contributed by atoms with Gasteiger partial charge in [-0.25, -0.2) is 9.59 Å². The molecule has 0 unspecified atom stereocenters. The second-order valence-electron chi connectivity index (χ2n) is 13.5. The summed E-state index contributed by atoms with van der Waals surface area (Å²) in [5.74, 6) is 1.80. The van der Waals surface area contributed by atoms with Crippen LogP contribution in [0.2, 0.25) is 0 Å². The molecule has 2 N–H and O–H groups in total. The van der Waals surface area contributed by atoms with E-state index >= 15 is 0 Å². The van der Waals surface area contributed by atoms with E-state index < -0.39 is 11.9 Å². The Morgan fingerprint density at radius 1 is 0.552 bits per heavy atom. The number of esters is 2. The number of carbonyl (C=O) groups excluding carboxylic acids is 2. The molecule has 2 heterocycles. The molecular formula is C46H48O12. The van der Waals surface area contributed by atoms with Crippen molar-refractivity contribution in [3.63, 3.8) is 0 Å². The van der Waals surface area contributed by atoms with Gasteiger partial charge in [-0.15, -0.1) is 0 Å². The Labute approximate surface area is 336 Å². The van der Waals surface area contributed by atoms with Crippen molar-refractivity contribution in [1.29, 1.82) is 0 Å². The molecule has 0 saturated carbocycles. The number of benzene rings is 4. The highest BCUT2D eigenvalue weighted by molar-refractivity contribution is 6.11. The number of rotatable bonds is 20. The second kappa shape index (κ2) is 19.8. The Morgan fingerprint density at radius 2 is 0.948 bits per heavy atom. The van der Waals surface area contributed by atoms with Crippen LogP contribution in [-0.4, -0.2) is 63.8 Å². The molecule has 0 aliphatic carbocycles. The minimum absolute atomic E-state index is 0.226. The fourth-order valence-electron chi connectivity index (χ4n) is 6.67. The number of hydrogen-bond acceptors (Lipinski definition) is 12. The van der Waals surface area contributed by atoms with E-state index in [1.165, 1.54) is 14.2 Å². The summed E-state index contributed by atoms with van der Waals surface area (Å²) in [6, 6.07) is 21.2. The topological polar surface area (TPSA) is 156 Å². The first-order valence-corrected chi connectivity index (χ1v) is 19.1. The molecule has 304 valence electrons. The molecule has 2 aromatic heterocycles. The summed E-state index contributed by atoms with van der Waals surface area (Å²) in [6.07, 6.45) is 8.81. The van der Waals surface area contributed by atoms with Crippen LogP contribution in [0, 0.1) is 0 Å². The molecule has 0 fully saturated rings. The fourth-order valence-corrected chi connectivity index (χ4v) is 6.67. The maximum Gasteiger partial charge on any atom is 0.342 e. The van der Waals surface area contributed by atoms with Gasteiger partial charge < -0.3 is 47.5 Å². The van der Waals surface area contributed by atoms with Gasteiger partial charge in [-0.2, -0.15) is 0 Å². The van der Waals surface area contributed by atoms with E-state index in [9.17, 15) is 19.8 Å². The summed E-state index contributed by atoms with van der Waals surface area (Å²) >= 11 is 0. The molecule has 6 aromatic rings. The number of ether oxygens (including phenoxy) is 6. The van der Waals surface area contributed by atoms with Crippen LogP contribution in [-0.2, 0) is 22.7 Å². The van der Waals surface area contributed by atoms with Gasteiger partial charge in [0.05, 0.1) is 54.9 Å². The summed E-state index contributed by atoms with van der Waals surface area (Å²) < 4.78 is 45.5. The van der Waals surface area contributed by atoms with E-state index in [2.05, 4.69) is 12.2 Å². The van der Waals surface area contributed by atoms with E-state index in [1.54, 1.807) is 87.0 Å². The van der Waals surface area contributed by atoms with E-state index in [0.717, 1.165) is 25.7 Å². The molecule has 6 rings (SSSR count). The first-order chi connectivity index (χ1) is 28.3. The average molecular weight is 793 g/mol. The number of hydrogen-bond donors (Lipinski definition) is 2. The van der Waals surface area contributed by atoms with Gasteiger partial charge in [0.1, 0.15) is 34.1 Å². The van der Waals surface area contributed by atoms with E-state index in [-0.39, 0.29) is 37.6 Å². The third-order valence-electron chi connectivity index (χ3n) is 9.71. The highest BCUT2D eigenvalue weighted by Gasteiger charge is 2.28. The average Bonchev–Trinajstić information content (AvgIpc) is 3.85. The largest absolute Gasteiger partial charge is 0.497 e. The Balaban J connectivity index is 0.983. The molecule has 0 saturated heterocycles. The van der Waals surface area contributed by atoms with E-state index in [4.69, 9.17) is 37.3 Å². The summed E-state index contributed by atoms with van der Waals surface area (Å²) in [6.45, 7) is -0.0102. The number of aliphatic hydroxyl groups excluding tert-OH is 2. The van der Waals surface area contributed by atoms with Crippen molar-refractivity contribution in [3.05, 3.63) is 107 Å². The van der Waals surface area contributed by atoms with Crippen LogP contribution in [0.15, 0.2) is 93.8 Å². The lowest BCUT2D eigenvalue weighted by Crippen LogP contribution is -2.07. The lowest BCUT2D eigenvalue weighted by atomic mass is 10.0. The Morgan fingerprint density at radius 3 is 1.29 bits per heavy atom. The lowest BCUT2D eigenvalue weighted by Gasteiger charge is -2.07. The molecule has 0 amide bonds. The first-order valence-electron chi connectivity index (χ1n) is 19.1. The summed E-state index contributed by atoms with van der Waals surface area (Å²) in [7, 11) is 6.18. The van der Waals surface area contributed by atoms with Gasteiger partial charge in [0.15, 0.2) is 22.7 Å². The second-order valence-corrected chi connectivity index (χ2v) is 13.5. The zero-order chi connectivity index (χ0) is 41.0. The van der Waals surface area contributed by atoms with Crippen LogP contribution in [0.25, 0.3) is 44.6 Å². The summed E-state index contributed by atoms with van der Waals surface area (Å²) in [5, 5.41) is 20.7. The molecule has 0 bridgehead atoms. The molecule has 0 atom stereocenters.